The van der Waals surface area contributed by atoms with Gasteiger partial charge in [-0.05, 0) is 43.7 Å². The highest BCUT2D eigenvalue weighted by Crippen LogP contribution is 2.28. The van der Waals surface area contributed by atoms with Crippen LogP contribution in [0, 0.1) is 6.92 Å². The number of carbonyl (C=O) groups is 1. The van der Waals surface area contributed by atoms with E-state index in [0.29, 0.717) is 13.2 Å². The largest absolute Gasteiger partial charge is 0.497 e. The summed E-state index contributed by atoms with van der Waals surface area (Å²) in [5.41, 5.74) is 4.59. The lowest BCUT2D eigenvalue weighted by molar-refractivity contribution is 0.0794. The number of rotatable bonds is 7. The van der Waals surface area contributed by atoms with Gasteiger partial charge in [-0.3, -0.25) is 9.89 Å². The molecule has 1 atom stereocenters. The SMILES string of the molecule is COc1ccc(OCCc2cc(C3CCN(C(=O)c4scnc4C)C3)n[nH]2)cc1. The third-order valence-electron chi connectivity index (χ3n) is 5.18. The van der Waals surface area contributed by atoms with E-state index < -0.39 is 0 Å². The number of hydrogen-bond donors (Lipinski definition) is 1. The van der Waals surface area contributed by atoms with Crippen molar-refractivity contribution >= 4 is 17.2 Å². The summed E-state index contributed by atoms with van der Waals surface area (Å²) >= 11 is 1.41. The number of H-pyrrole nitrogens is 1. The average molecular weight is 413 g/mol. The van der Waals surface area contributed by atoms with Crippen molar-refractivity contribution in [2.24, 2.45) is 0 Å². The molecule has 1 N–H and O–H groups in total. The lowest BCUT2D eigenvalue weighted by Crippen LogP contribution is -2.28. The Morgan fingerprint density at radius 1 is 1.31 bits per heavy atom. The van der Waals surface area contributed by atoms with Crippen LogP contribution in [0.2, 0.25) is 0 Å². The van der Waals surface area contributed by atoms with Gasteiger partial charge in [0.15, 0.2) is 0 Å². The van der Waals surface area contributed by atoms with Gasteiger partial charge in [0.2, 0.25) is 0 Å². The number of thiazole rings is 1. The van der Waals surface area contributed by atoms with E-state index in [1.54, 1.807) is 12.6 Å². The Labute approximate surface area is 173 Å². The Bertz CT molecular complexity index is 966. The number of nitrogens with zero attached hydrogens (tertiary/aromatic N) is 3. The molecular formula is C21H24N4O3S. The van der Waals surface area contributed by atoms with Gasteiger partial charge in [0.1, 0.15) is 16.4 Å². The minimum Gasteiger partial charge on any atom is -0.497 e. The van der Waals surface area contributed by atoms with Gasteiger partial charge in [-0.15, -0.1) is 11.3 Å². The molecule has 29 heavy (non-hydrogen) atoms. The van der Waals surface area contributed by atoms with Crippen molar-refractivity contribution in [3.8, 4) is 11.5 Å². The summed E-state index contributed by atoms with van der Waals surface area (Å²) in [6.45, 7) is 3.89. The molecule has 8 heteroatoms. The molecule has 0 spiro atoms. The second kappa shape index (κ2) is 8.65. The Morgan fingerprint density at radius 2 is 2.10 bits per heavy atom. The standard InChI is InChI=1S/C21H24N4O3S/c1-14-20(29-13-22-14)21(26)25-9-7-15(12-25)19-11-16(23-24-19)8-10-28-18-5-3-17(27-2)4-6-18/h3-6,11,13,15H,7-10,12H2,1-2H3,(H,23,24). The molecule has 1 unspecified atom stereocenters. The lowest BCUT2D eigenvalue weighted by Gasteiger charge is -2.15. The molecule has 3 aromatic rings. The Hall–Kier alpha value is -2.87. The number of benzene rings is 1. The maximum absolute atomic E-state index is 12.7. The zero-order valence-corrected chi connectivity index (χ0v) is 17.4. The number of nitrogens with one attached hydrogen (secondary N) is 1. The van der Waals surface area contributed by atoms with E-state index in [-0.39, 0.29) is 11.8 Å². The Balaban J connectivity index is 1.29. The number of methoxy groups -OCH3 is 1. The van der Waals surface area contributed by atoms with Crippen LogP contribution in [-0.4, -0.2) is 52.8 Å². The van der Waals surface area contributed by atoms with E-state index in [9.17, 15) is 4.79 Å². The number of aromatic amines is 1. The summed E-state index contributed by atoms with van der Waals surface area (Å²) in [6.07, 6.45) is 1.67. The molecule has 152 valence electrons. The van der Waals surface area contributed by atoms with Gasteiger partial charge in [0, 0.05) is 31.1 Å². The van der Waals surface area contributed by atoms with Gasteiger partial charge in [0.25, 0.3) is 5.91 Å². The first kappa shape index (κ1) is 19.4. The zero-order valence-electron chi connectivity index (χ0n) is 16.6. The Kier molecular flexibility index (Phi) is 5.80. The Morgan fingerprint density at radius 3 is 2.83 bits per heavy atom. The third-order valence-corrected chi connectivity index (χ3v) is 6.10. The third kappa shape index (κ3) is 4.42. The van der Waals surface area contributed by atoms with Crippen LogP contribution in [-0.2, 0) is 6.42 Å². The van der Waals surface area contributed by atoms with E-state index in [1.807, 2.05) is 36.1 Å². The molecule has 2 aromatic heterocycles. The van der Waals surface area contributed by atoms with Crippen LogP contribution in [0.15, 0.2) is 35.8 Å². The van der Waals surface area contributed by atoms with Crippen molar-refractivity contribution in [3.05, 3.63) is 57.8 Å². The summed E-state index contributed by atoms with van der Waals surface area (Å²) in [5, 5.41) is 7.58. The van der Waals surface area contributed by atoms with Crippen LogP contribution < -0.4 is 9.47 Å². The molecule has 1 amide bonds. The molecule has 1 fully saturated rings. The summed E-state index contributed by atoms with van der Waals surface area (Å²) in [4.78, 5) is 19.5. The highest BCUT2D eigenvalue weighted by atomic mass is 32.1. The molecule has 1 aliphatic rings. The molecule has 0 bridgehead atoms. The van der Waals surface area contributed by atoms with Crippen LogP contribution in [0.3, 0.4) is 0 Å². The van der Waals surface area contributed by atoms with E-state index in [1.165, 1.54) is 11.3 Å². The summed E-state index contributed by atoms with van der Waals surface area (Å²) < 4.78 is 10.9. The van der Waals surface area contributed by atoms with E-state index in [2.05, 4.69) is 21.2 Å². The fourth-order valence-electron chi connectivity index (χ4n) is 3.50. The number of aromatic nitrogens is 3. The number of ether oxygens (including phenoxy) is 2. The first-order valence-corrected chi connectivity index (χ1v) is 10.5. The molecule has 4 rings (SSSR count). The van der Waals surface area contributed by atoms with Gasteiger partial charge < -0.3 is 14.4 Å². The van der Waals surface area contributed by atoms with Gasteiger partial charge in [0.05, 0.1) is 30.6 Å². The summed E-state index contributed by atoms with van der Waals surface area (Å²) in [7, 11) is 1.64. The molecular weight excluding hydrogens is 388 g/mol. The van der Waals surface area contributed by atoms with Gasteiger partial charge in [-0.25, -0.2) is 4.98 Å². The van der Waals surface area contributed by atoms with E-state index in [0.717, 1.165) is 52.8 Å². The van der Waals surface area contributed by atoms with Crippen LogP contribution in [0.5, 0.6) is 11.5 Å². The minimum atomic E-state index is 0.0798. The minimum absolute atomic E-state index is 0.0798. The molecule has 0 saturated carbocycles. The second-order valence-electron chi connectivity index (χ2n) is 7.10. The normalized spacial score (nSPS) is 16.2. The smallest absolute Gasteiger partial charge is 0.265 e. The molecule has 0 radical (unpaired) electrons. The quantitative estimate of drug-likeness (QED) is 0.643. The summed E-state index contributed by atoms with van der Waals surface area (Å²) in [6, 6.07) is 9.64. The number of aryl methyl sites for hydroxylation is 1. The summed E-state index contributed by atoms with van der Waals surface area (Å²) in [5.74, 6) is 1.97. The molecule has 1 saturated heterocycles. The van der Waals surface area contributed by atoms with Crippen molar-refractivity contribution in [2.45, 2.75) is 25.7 Å². The fraction of sp³-hybridized carbons (Fsp3) is 0.381. The first-order chi connectivity index (χ1) is 14.1. The van der Waals surface area contributed by atoms with Crippen molar-refractivity contribution in [1.82, 2.24) is 20.1 Å². The predicted molar refractivity (Wildman–Crippen MR) is 111 cm³/mol. The maximum atomic E-state index is 12.7. The van der Waals surface area contributed by atoms with Gasteiger partial charge >= 0.3 is 0 Å². The van der Waals surface area contributed by atoms with E-state index in [4.69, 9.17) is 9.47 Å². The fourth-order valence-corrected chi connectivity index (χ4v) is 4.27. The molecule has 0 aliphatic carbocycles. The van der Waals surface area contributed by atoms with Crippen molar-refractivity contribution in [3.63, 3.8) is 0 Å². The first-order valence-electron chi connectivity index (χ1n) is 9.64. The molecule has 1 aromatic carbocycles. The van der Waals surface area contributed by atoms with Crippen LogP contribution in [0.25, 0.3) is 0 Å². The maximum Gasteiger partial charge on any atom is 0.265 e. The van der Waals surface area contributed by atoms with Gasteiger partial charge in [-0.2, -0.15) is 5.10 Å². The van der Waals surface area contributed by atoms with E-state index >= 15 is 0 Å². The molecule has 1 aliphatic heterocycles. The van der Waals surface area contributed by atoms with Crippen molar-refractivity contribution < 1.29 is 14.3 Å². The van der Waals surface area contributed by atoms with Gasteiger partial charge in [-0.1, -0.05) is 0 Å². The van der Waals surface area contributed by atoms with Crippen LogP contribution in [0.1, 0.15) is 39.1 Å². The number of amides is 1. The predicted octanol–water partition coefficient (Wildman–Crippen LogP) is 3.43. The number of hydrogen-bond acceptors (Lipinski definition) is 6. The number of likely N-dealkylation sites (tertiary alicyclic amines) is 1. The lowest BCUT2D eigenvalue weighted by atomic mass is 10.0. The highest BCUT2D eigenvalue weighted by Gasteiger charge is 2.30. The molecule has 7 nitrogen and oxygen atoms in total. The van der Waals surface area contributed by atoms with Crippen molar-refractivity contribution in [2.75, 3.05) is 26.8 Å². The average Bonchev–Trinajstić information content (AvgIpc) is 3.48. The monoisotopic (exact) mass is 412 g/mol. The highest BCUT2D eigenvalue weighted by molar-refractivity contribution is 7.11. The topological polar surface area (TPSA) is 80.3 Å². The number of carbonyl (C=O) groups excluding carboxylic acids is 1. The van der Waals surface area contributed by atoms with Crippen LogP contribution in [0.4, 0.5) is 0 Å². The second-order valence-corrected chi connectivity index (χ2v) is 7.95. The van der Waals surface area contributed by atoms with Crippen molar-refractivity contribution in [1.29, 1.82) is 0 Å². The van der Waals surface area contributed by atoms with Crippen LogP contribution >= 0.6 is 11.3 Å². The zero-order chi connectivity index (χ0) is 20.2. The molecule has 3 heterocycles.